The number of aromatic nitrogens is 1. The summed E-state index contributed by atoms with van der Waals surface area (Å²) in [5.41, 5.74) is 3.03. The summed E-state index contributed by atoms with van der Waals surface area (Å²) < 4.78 is 11.5. The van der Waals surface area contributed by atoms with Gasteiger partial charge in [0.2, 0.25) is 5.91 Å². The zero-order valence-corrected chi connectivity index (χ0v) is 19.2. The van der Waals surface area contributed by atoms with Gasteiger partial charge in [-0.25, -0.2) is 4.98 Å². The first-order valence-electron chi connectivity index (χ1n) is 10.6. The van der Waals surface area contributed by atoms with Crippen molar-refractivity contribution in [3.8, 4) is 10.8 Å². The molecule has 6 nitrogen and oxygen atoms in total. The van der Waals surface area contributed by atoms with E-state index < -0.39 is 0 Å². The molecular formula is C24H29N3O3S. The number of ether oxygens (including phenoxy) is 1. The molecule has 1 fully saturated rings. The molecule has 1 aliphatic rings. The Balaban J connectivity index is 1.46. The standard InChI is InChI=1S/C24H29N3O3S/c1-17-6-11-22(30-17)24-25-19(16-31-24)13-23(28)27(15-21-5-4-12-29-21)14-18-7-9-20(10-8-18)26(2)3/h6-11,16,21H,4-5,12-15H2,1-3H3. The third-order valence-corrected chi connectivity index (χ3v) is 6.37. The number of amides is 1. The Hall–Kier alpha value is -2.64. The van der Waals surface area contributed by atoms with E-state index in [2.05, 4.69) is 34.1 Å². The lowest BCUT2D eigenvalue weighted by Gasteiger charge is -2.26. The summed E-state index contributed by atoms with van der Waals surface area (Å²) in [7, 11) is 4.04. The van der Waals surface area contributed by atoms with E-state index in [4.69, 9.17) is 9.15 Å². The molecular weight excluding hydrogens is 410 g/mol. The van der Waals surface area contributed by atoms with Gasteiger partial charge in [-0.05, 0) is 49.6 Å². The number of hydrogen-bond acceptors (Lipinski definition) is 6. The predicted octanol–water partition coefficient (Wildman–Crippen LogP) is 4.53. The smallest absolute Gasteiger partial charge is 0.229 e. The van der Waals surface area contributed by atoms with Crippen LogP contribution in [0.4, 0.5) is 5.69 Å². The molecule has 31 heavy (non-hydrogen) atoms. The van der Waals surface area contributed by atoms with Crippen molar-refractivity contribution >= 4 is 22.9 Å². The van der Waals surface area contributed by atoms with Crippen molar-refractivity contribution in [2.45, 2.75) is 38.8 Å². The van der Waals surface area contributed by atoms with Crippen LogP contribution in [0.5, 0.6) is 0 Å². The maximum absolute atomic E-state index is 13.2. The number of aryl methyl sites for hydroxylation is 1. The molecule has 1 aromatic carbocycles. The molecule has 4 rings (SSSR count). The fourth-order valence-electron chi connectivity index (χ4n) is 3.73. The fraction of sp³-hybridized carbons (Fsp3) is 0.417. The lowest BCUT2D eigenvalue weighted by atomic mass is 10.1. The van der Waals surface area contributed by atoms with Gasteiger partial charge in [0, 0.05) is 44.9 Å². The van der Waals surface area contributed by atoms with E-state index in [1.807, 2.05) is 43.4 Å². The number of nitrogens with zero attached hydrogens (tertiary/aromatic N) is 3. The minimum absolute atomic E-state index is 0.0691. The van der Waals surface area contributed by atoms with E-state index in [0.717, 1.165) is 52.9 Å². The molecule has 164 valence electrons. The van der Waals surface area contributed by atoms with Crippen molar-refractivity contribution in [1.82, 2.24) is 9.88 Å². The van der Waals surface area contributed by atoms with Gasteiger partial charge in [-0.1, -0.05) is 12.1 Å². The molecule has 0 bridgehead atoms. The minimum Gasteiger partial charge on any atom is -0.459 e. The van der Waals surface area contributed by atoms with E-state index in [1.165, 1.54) is 11.3 Å². The molecule has 0 saturated carbocycles. The number of furan rings is 1. The van der Waals surface area contributed by atoms with Gasteiger partial charge in [0.25, 0.3) is 0 Å². The van der Waals surface area contributed by atoms with Gasteiger partial charge in [-0.2, -0.15) is 0 Å². The minimum atomic E-state index is 0.0691. The van der Waals surface area contributed by atoms with E-state index in [0.29, 0.717) is 13.1 Å². The van der Waals surface area contributed by atoms with Crippen LogP contribution in [0.15, 0.2) is 46.2 Å². The molecule has 3 aromatic rings. The highest BCUT2D eigenvalue weighted by Crippen LogP contribution is 2.26. The zero-order valence-electron chi connectivity index (χ0n) is 18.3. The van der Waals surface area contributed by atoms with E-state index in [9.17, 15) is 4.79 Å². The Morgan fingerprint density at radius 3 is 2.65 bits per heavy atom. The molecule has 0 N–H and O–H groups in total. The number of rotatable bonds is 8. The topological polar surface area (TPSA) is 58.8 Å². The normalized spacial score (nSPS) is 15.9. The molecule has 1 aliphatic heterocycles. The summed E-state index contributed by atoms with van der Waals surface area (Å²) >= 11 is 1.51. The molecule has 3 heterocycles. The maximum atomic E-state index is 13.2. The van der Waals surface area contributed by atoms with E-state index in [1.54, 1.807) is 0 Å². The van der Waals surface area contributed by atoms with Crippen molar-refractivity contribution < 1.29 is 13.9 Å². The van der Waals surface area contributed by atoms with Crippen molar-refractivity contribution in [3.05, 3.63) is 58.8 Å². The van der Waals surface area contributed by atoms with E-state index >= 15 is 0 Å². The molecule has 1 amide bonds. The molecule has 0 aliphatic carbocycles. The molecule has 0 spiro atoms. The van der Waals surface area contributed by atoms with Crippen LogP contribution in [0.2, 0.25) is 0 Å². The molecule has 1 atom stereocenters. The van der Waals surface area contributed by atoms with Crippen LogP contribution >= 0.6 is 11.3 Å². The third kappa shape index (κ3) is 5.54. The van der Waals surface area contributed by atoms with Gasteiger partial charge < -0.3 is 19.0 Å². The summed E-state index contributed by atoms with van der Waals surface area (Å²) in [5, 5.41) is 2.75. The number of carbonyl (C=O) groups is 1. The Kier molecular flexibility index (Phi) is 6.73. The van der Waals surface area contributed by atoms with Crippen LogP contribution in [0.1, 0.15) is 29.9 Å². The average Bonchev–Trinajstić information content (AvgIpc) is 3.50. The highest BCUT2D eigenvalue weighted by atomic mass is 32.1. The van der Waals surface area contributed by atoms with Crippen molar-refractivity contribution in [2.24, 2.45) is 0 Å². The summed E-state index contributed by atoms with van der Waals surface area (Å²) in [6.45, 7) is 3.88. The summed E-state index contributed by atoms with van der Waals surface area (Å²) in [5.74, 6) is 1.67. The second kappa shape index (κ2) is 9.66. The second-order valence-electron chi connectivity index (χ2n) is 8.20. The monoisotopic (exact) mass is 439 g/mol. The zero-order chi connectivity index (χ0) is 21.8. The number of hydrogen-bond donors (Lipinski definition) is 0. The van der Waals surface area contributed by atoms with Gasteiger partial charge in [-0.3, -0.25) is 4.79 Å². The maximum Gasteiger partial charge on any atom is 0.229 e. The predicted molar refractivity (Wildman–Crippen MR) is 123 cm³/mol. The van der Waals surface area contributed by atoms with Crippen molar-refractivity contribution in [3.63, 3.8) is 0 Å². The molecule has 0 radical (unpaired) electrons. The van der Waals surface area contributed by atoms with Crippen LogP contribution < -0.4 is 4.90 Å². The lowest BCUT2D eigenvalue weighted by Crippen LogP contribution is -2.37. The third-order valence-electron chi connectivity index (χ3n) is 5.46. The summed E-state index contributed by atoms with van der Waals surface area (Å²) in [4.78, 5) is 21.8. The van der Waals surface area contributed by atoms with Gasteiger partial charge in [0.15, 0.2) is 10.8 Å². The van der Waals surface area contributed by atoms with Crippen LogP contribution in [0.3, 0.4) is 0 Å². The molecule has 1 unspecified atom stereocenters. The Morgan fingerprint density at radius 1 is 1.19 bits per heavy atom. The van der Waals surface area contributed by atoms with Gasteiger partial charge in [0.1, 0.15) is 5.76 Å². The first-order chi connectivity index (χ1) is 15.0. The number of carbonyl (C=O) groups excluding carboxylic acids is 1. The van der Waals surface area contributed by atoms with E-state index in [-0.39, 0.29) is 18.4 Å². The highest BCUT2D eigenvalue weighted by molar-refractivity contribution is 7.13. The average molecular weight is 440 g/mol. The summed E-state index contributed by atoms with van der Waals surface area (Å²) in [6, 6.07) is 12.2. The van der Waals surface area contributed by atoms with Crippen molar-refractivity contribution in [2.75, 3.05) is 32.1 Å². The number of anilines is 1. The fourth-order valence-corrected chi connectivity index (χ4v) is 4.51. The Morgan fingerprint density at radius 2 is 2.00 bits per heavy atom. The Labute approximate surface area is 187 Å². The quantitative estimate of drug-likeness (QED) is 0.516. The first kappa shape index (κ1) is 21.6. The largest absolute Gasteiger partial charge is 0.459 e. The van der Waals surface area contributed by atoms with Crippen LogP contribution in [0, 0.1) is 6.92 Å². The summed E-state index contributed by atoms with van der Waals surface area (Å²) in [6.07, 6.45) is 2.45. The van der Waals surface area contributed by atoms with Gasteiger partial charge in [-0.15, -0.1) is 11.3 Å². The second-order valence-corrected chi connectivity index (χ2v) is 9.06. The Bertz CT molecular complexity index is 1000. The highest BCUT2D eigenvalue weighted by Gasteiger charge is 2.24. The first-order valence-corrected chi connectivity index (χ1v) is 11.5. The van der Waals surface area contributed by atoms with Gasteiger partial charge in [0.05, 0.1) is 18.2 Å². The lowest BCUT2D eigenvalue weighted by molar-refractivity contribution is -0.132. The molecule has 1 saturated heterocycles. The van der Waals surface area contributed by atoms with Crippen LogP contribution in [-0.2, 0) is 22.5 Å². The van der Waals surface area contributed by atoms with Crippen molar-refractivity contribution in [1.29, 1.82) is 0 Å². The van der Waals surface area contributed by atoms with Crippen LogP contribution in [-0.4, -0.2) is 49.1 Å². The molecule has 7 heteroatoms. The van der Waals surface area contributed by atoms with Gasteiger partial charge >= 0.3 is 0 Å². The SMILES string of the molecule is Cc1ccc(-c2nc(CC(=O)N(Cc3ccc(N(C)C)cc3)CC3CCCO3)cs2)o1. The number of thiazole rings is 1. The number of benzene rings is 1. The molecule has 2 aromatic heterocycles. The van der Waals surface area contributed by atoms with Crippen LogP contribution in [0.25, 0.3) is 10.8 Å².